The van der Waals surface area contributed by atoms with Gasteiger partial charge >= 0.3 is 0 Å². The summed E-state index contributed by atoms with van der Waals surface area (Å²) in [5.41, 5.74) is 8.45. The van der Waals surface area contributed by atoms with Gasteiger partial charge in [0.15, 0.2) is 0 Å². The fourth-order valence-corrected chi connectivity index (χ4v) is 4.58. The van der Waals surface area contributed by atoms with Crippen molar-refractivity contribution in [1.29, 1.82) is 0 Å². The Hall–Kier alpha value is -4.44. The molecule has 0 spiro atoms. The van der Waals surface area contributed by atoms with Gasteiger partial charge in [0.1, 0.15) is 16.8 Å². The van der Waals surface area contributed by atoms with Crippen molar-refractivity contribution in [2.45, 2.75) is 6.92 Å². The summed E-state index contributed by atoms with van der Waals surface area (Å²) in [6.07, 6.45) is 0. The molecule has 1 heterocycles. The highest BCUT2D eigenvalue weighted by atomic mass is 16.5. The van der Waals surface area contributed by atoms with Crippen molar-refractivity contribution >= 4 is 44.2 Å². The van der Waals surface area contributed by atoms with Gasteiger partial charge in [0, 0.05) is 40.7 Å². The van der Waals surface area contributed by atoms with E-state index in [4.69, 9.17) is 9.72 Å². The third-order valence-electron chi connectivity index (χ3n) is 6.22. The highest BCUT2D eigenvalue weighted by molar-refractivity contribution is 6.11. The minimum atomic E-state index is 0.835. The SMILES string of the molecule is COc1ccc(Nc2cc3c(nc4ccc(C)cc4[n+]3-c3ccccc3)c3ccccc23)cc1. The summed E-state index contributed by atoms with van der Waals surface area (Å²) in [6, 6.07) is 35.6. The van der Waals surface area contributed by atoms with E-state index in [0.717, 1.165) is 55.7 Å². The molecule has 0 saturated heterocycles. The molecule has 1 aromatic heterocycles. The Labute approximate surface area is 198 Å². The lowest BCUT2D eigenvalue weighted by molar-refractivity contribution is -0.538. The number of para-hydroxylation sites is 1. The first-order valence-electron chi connectivity index (χ1n) is 11.4. The third-order valence-corrected chi connectivity index (χ3v) is 6.22. The van der Waals surface area contributed by atoms with E-state index >= 15 is 0 Å². The maximum Gasteiger partial charge on any atom is 0.240 e. The highest BCUT2D eigenvalue weighted by Crippen LogP contribution is 2.33. The first-order valence-corrected chi connectivity index (χ1v) is 11.4. The van der Waals surface area contributed by atoms with Crippen LogP contribution in [0.5, 0.6) is 5.75 Å². The van der Waals surface area contributed by atoms with Gasteiger partial charge in [-0.2, -0.15) is 0 Å². The smallest absolute Gasteiger partial charge is 0.240 e. The number of hydrogen-bond acceptors (Lipinski definition) is 3. The lowest BCUT2D eigenvalue weighted by atomic mass is 10.0. The van der Waals surface area contributed by atoms with Crippen molar-refractivity contribution in [1.82, 2.24) is 4.98 Å². The predicted molar refractivity (Wildman–Crippen MR) is 139 cm³/mol. The molecule has 0 aliphatic heterocycles. The third kappa shape index (κ3) is 3.41. The van der Waals surface area contributed by atoms with E-state index in [-0.39, 0.29) is 0 Å². The zero-order chi connectivity index (χ0) is 23.1. The molecule has 1 N–H and O–H groups in total. The molecule has 0 amide bonds. The number of anilines is 2. The summed E-state index contributed by atoms with van der Waals surface area (Å²) >= 11 is 0. The number of aromatic nitrogens is 2. The van der Waals surface area contributed by atoms with E-state index in [2.05, 4.69) is 89.6 Å². The summed E-state index contributed by atoms with van der Waals surface area (Å²) < 4.78 is 7.64. The van der Waals surface area contributed by atoms with Crippen LogP contribution in [0.4, 0.5) is 11.4 Å². The van der Waals surface area contributed by atoms with Crippen molar-refractivity contribution < 1.29 is 9.30 Å². The van der Waals surface area contributed by atoms with E-state index in [1.54, 1.807) is 7.11 Å². The number of methoxy groups -OCH3 is 1. The zero-order valence-electron chi connectivity index (χ0n) is 19.1. The maximum absolute atomic E-state index is 5.32. The fraction of sp³-hybridized carbons (Fsp3) is 0.0667. The van der Waals surface area contributed by atoms with Crippen LogP contribution in [0, 0.1) is 6.92 Å². The molecule has 0 radical (unpaired) electrons. The van der Waals surface area contributed by atoms with Crippen molar-refractivity contribution in [3.8, 4) is 11.4 Å². The molecule has 0 aliphatic carbocycles. The number of benzene rings is 5. The topological polar surface area (TPSA) is 38.0 Å². The molecule has 6 aromatic rings. The molecule has 0 unspecified atom stereocenters. The molecule has 5 aromatic carbocycles. The molecule has 0 bridgehead atoms. The monoisotopic (exact) mass is 442 g/mol. The van der Waals surface area contributed by atoms with Gasteiger partial charge < -0.3 is 10.1 Å². The number of fused-ring (bicyclic) bond motifs is 4. The standard InChI is InChI=1S/C30H23N3O/c1-20-12-17-26-28(18-20)33(22-8-4-3-5-9-22)29-19-27(31-21-13-15-23(34-2)16-14-21)24-10-6-7-11-25(24)30(29)32-26/h3-19H,1-2H3/p+1. The molecule has 0 aliphatic rings. The van der Waals surface area contributed by atoms with Gasteiger partial charge in [0.2, 0.25) is 16.7 Å². The molecule has 0 saturated carbocycles. The molecule has 0 atom stereocenters. The Bertz CT molecular complexity index is 1660. The molecule has 34 heavy (non-hydrogen) atoms. The van der Waals surface area contributed by atoms with Crippen LogP contribution in [-0.4, -0.2) is 12.1 Å². The van der Waals surface area contributed by atoms with Crippen LogP contribution in [0.15, 0.2) is 103 Å². The Balaban J connectivity index is 1.70. The van der Waals surface area contributed by atoms with Gasteiger partial charge in [0.25, 0.3) is 0 Å². The summed E-state index contributed by atoms with van der Waals surface area (Å²) in [6.45, 7) is 2.12. The second-order valence-corrected chi connectivity index (χ2v) is 8.47. The van der Waals surface area contributed by atoms with E-state index in [1.807, 2.05) is 30.3 Å². The Morgan fingerprint density at radius 1 is 0.735 bits per heavy atom. The van der Waals surface area contributed by atoms with Crippen molar-refractivity contribution in [2.24, 2.45) is 0 Å². The van der Waals surface area contributed by atoms with Gasteiger partial charge in [-0.1, -0.05) is 48.5 Å². The first-order chi connectivity index (χ1) is 16.7. The number of hydrogen-bond donors (Lipinski definition) is 1. The largest absolute Gasteiger partial charge is 0.497 e. The van der Waals surface area contributed by atoms with Crippen molar-refractivity contribution in [3.63, 3.8) is 0 Å². The number of ether oxygens (including phenoxy) is 1. The summed E-state index contributed by atoms with van der Waals surface area (Å²) in [5, 5.41) is 5.87. The fourth-order valence-electron chi connectivity index (χ4n) is 4.58. The quantitative estimate of drug-likeness (QED) is 0.184. The van der Waals surface area contributed by atoms with Crippen LogP contribution in [-0.2, 0) is 0 Å². The number of rotatable bonds is 4. The summed E-state index contributed by atoms with van der Waals surface area (Å²) in [4.78, 5) is 5.14. The molecular formula is C30H24N3O+. The lowest BCUT2D eigenvalue weighted by Crippen LogP contribution is -2.33. The summed E-state index contributed by atoms with van der Waals surface area (Å²) in [5.74, 6) is 0.835. The minimum Gasteiger partial charge on any atom is -0.497 e. The van der Waals surface area contributed by atoms with E-state index in [9.17, 15) is 0 Å². The molecule has 4 nitrogen and oxygen atoms in total. The molecule has 4 heteroatoms. The Kier molecular flexibility index (Phi) is 4.84. The van der Waals surface area contributed by atoms with Crippen LogP contribution in [0.3, 0.4) is 0 Å². The van der Waals surface area contributed by atoms with E-state index in [1.165, 1.54) is 5.56 Å². The van der Waals surface area contributed by atoms with Crippen LogP contribution >= 0.6 is 0 Å². The second-order valence-electron chi connectivity index (χ2n) is 8.47. The average molecular weight is 443 g/mol. The number of nitrogens with zero attached hydrogens (tertiary/aromatic N) is 2. The van der Waals surface area contributed by atoms with E-state index < -0.39 is 0 Å². The molecule has 6 rings (SSSR count). The molecular weight excluding hydrogens is 418 g/mol. The van der Waals surface area contributed by atoms with Gasteiger partial charge in [-0.05, 0) is 42.8 Å². The second kappa shape index (κ2) is 8.16. The van der Waals surface area contributed by atoms with Crippen LogP contribution in [0.2, 0.25) is 0 Å². The zero-order valence-corrected chi connectivity index (χ0v) is 19.1. The normalized spacial score (nSPS) is 11.2. The summed E-state index contributed by atoms with van der Waals surface area (Å²) in [7, 11) is 1.68. The van der Waals surface area contributed by atoms with Crippen molar-refractivity contribution in [2.75, 3.05) is 12.4 Å². The van der Waals surface area contributed by atoms with Gasteiger partial charge in [0.05, 0.1) is 12.8 Å². The van der Waals surface area contributed by atoms with Gasteiger partial charge in [-0.25, -0.2) is 4.98 Å². The van der Waals surface area contributed by atoms with Crippen LogP contribution in [0.1, 0.15) is 5.56 Å². The van der Waals surface area contributed by atoms with Gasteiger partial charge in [-0.15, -0.1) is 4.57 Å². The molecule has 0 fully saturated rings. The van der Waals surface area contributed by atoms with Crippen molar-refractivity contribution in [3.05, 3.63) is 109 Å². The Morgan fingerprint density at radius 3 is 2.24 bits per heavy atom. The van der Waals surface area contributed by atoms with E-state index in [0.29, 0.717) is 0 Å². The molecule has 164 valence electrons. The highest BCUT2D eigenvalue weighted by Gasteiger charge is 2.22. The first kappa shape index (κ1) is 20.2. The number of nitrogens with one attached hydrogen (secondary N) is 1. The number of aryl methyl sites for hydroxylation is 1. The van der Waals surface area contributed by atoms with Crippen LogP contribution < -0.4 is 14.6 Å². The minimum absolute atomic E-state index is 0.835. The predicted octanol–water partition coefficient (Wildman–Crippen LogP) is 6.88. The Morgan fingerprint density at radius 2 is 1.47 bits per heavy atom. The lowest BCUT2D eigenvalue weighted by Gasteiger charge is -2.13. The van der Waals surface area contributed by atoms with Gasteiger partial charge in [-0.3, -0.25) is 0 Å². The van der Waals surface area contributed by atoms with Crippen LogP contribution in [0.25, 0.3) is 38.5 Å². The maximum atomic E-state index is 5.32. The average Bonchev–Trinajstić information content (AvgIpc) is 2.89.